The van der Waals surface area contributed by atoms with Gasteiger partial charge in [0.15, 0.2) is 0 Å². The molecule has 0 saturated heterocycles. The summed E-state index contributed by atoms with van der Waals surface area (Å²) in [6.07, 6.45) is 0. The number of pyridine rings is 1. The standard InChI is InChI=1S/C22H24N/c1-15-10-12-19(18(4)13-15)21-7-6-8-22(23(21)5)20-14-16(2)9-11-17(20)3/h6-14H,1-5H3/q+1/i1D3,2D3. The Bertz CT molecular complexity index is 1060. The van der Waals surface area contributed by atoms with E-state index in [1.54, 1.807) is 24.3 Å². The van der Waals surface area contributed by atoms with Crippen LogP contribution >= 0.6 is 0 Å². The molecule has 0 radical (unpaired) electrons. The van der Waals surface area contributed by atoms with E-state index in [0.717, 1.165) is 33.6 Å². The lowest BCUT2D eigenvalue weighted by molar-refractivity contribution is -0.649. The van der Waals surface area contributed by atoms with Gasteiger partial charge in [0, 0.05) is 31.5 Å². The van der Waals surface area contributed by atoms with E-state index in [-0.39, 0.29) is 0 Å². The van der Waals surface area contributed by atoms with Gasteiger partial charge < -0.3 is 0 Å². The summed E-state index contributed by atoms with van der Waals surface area (Å²) in [5, 5.41) is 0. The summed E-state index contributed by atoms with van der Waals surface area (Å²) in [6, 6.07) is 16.3. The Morgan fingerprint density at radius 1 is 0.739 bits per heavy atom. The molecule has 0 spiro atoms. The van der Waals surface area contributed by atoms with E-state index in [1.165, 1.54) is 0 Å². The smallest absolute Gasteiger partial charge is 0.194 e. The van der Waals surface area contributed by atoms with E-state index < -0.39 is 13.7 Å². The van der Waals surface area contributed by atoms with Gasteiger partial charge in [-0.1, -0.05) is 35.4 Å². The molecule has 0 aliphatic rings. The summed E-state index contributed by atoms with van der Waals surface area (Å²) in [5.41, 5.74) is 6.10. The molecule has 1 heterocycles. The molecule has 0 aliphatic carbocycles. The largest absolute Gasteiger partial charge is 0.213 e. The molecule has 0 aliphatic heterocycles. The van der Waals surface area contributed by atoms with Crippen molar-refractivity contribution in [1.82, 2.24) is 0 Å². The predicted molar refractivity (Wildman–Crippen MR) is 97.4 cm³/mol. The quantitative estimate of drug-likeness (QED) is 0.581. The van der Waals surface area contributed by atoms with E-state index in [0.29, 0.717) is 11.1 Å². The maximum atomic E-state index is 7.71. The van der Waals surface area contributed by atoms with Crippen molar-refractivity contribution in [2.75, 3.05) is 0 Å². The molecule has 3 rings (SSSR count). The van der Waals surface area contributed by atoms with E-state index in [9.17, 15) is 0 Å². The van der Waals surface area contributed by atoms with Gasteiger partial charge in [0.25, 0.3) is 0 Å². The molecule has 0 bridgehead atoms. The first-order valence-corrected chi connectivity index (χ1v) is 7.61. The highest BCUT2D eigenvalue weighted by molar-refractivity contribution is 5.66. The monoisotopic (exact) mass is 308 g/mol. The molecule has 2 aromatic carbocycles. The lowest BCUT2D eigenvalue weighted by atomic mass is 9.99. The maximum Gasteiger partial charge on any atom is 0.213 e. The number of aromatic nitrogens is 1. The normalized spacial score (nSPS) is 15.8. The Kier molecular flexibility index (Phi) is 2.52. The molecule has 0 unspecified atom stereocenters. The Morgan fingerprint density at radius 3 is 2.09 bits per heavy atom. The van der Waals surface area contributed by atoms with Crippen LogP contribution in [0.15, 0.2) is 54.6 Å². The zero-order valence-electron chi connectivity index (χ0n) is 19.6. The summed E-state index contributed by atoms with van der Waals surface area (Å²) >= 11 is 0. The average Bonchev–Trinajstić information content (AvgIpc) is 2.61. The van der Waals surface area contributed by atoms with Gasteiger partial charge in [0.05, 0.1) is 0 Å². The van der Waals surface area contributed by atoms with Gasteiger partial charge in [0.2, 0.25) is 11.4 Å². The Morgan fingerprint density at radius 2 is 1.39 bits per heavy atom. The first-order chi connectivity index (χ1) is 13.4. The summed E-state index contributed by atoms with van der Waals surface area (Å²) in [4.78, 5) is 0. The fourth-order valence-corrected chi connectivity index (χ4v) is 2.97. The van der Waals surface area contributed by atoms with Crippen LogP contribution in [-0.4, -0.2) is 0 Å². The van der Waals surface area contributed by atoms with Gasteiger partial charge in [-0.3, -0.25) is 0 Å². The minimum absolute atomic E-state index is 0.307. The van der Waals surface area contributed by atoms with Crippen molar-refractivity contribution in [1.29, 1.82) is 0 Å². The van der Waals surface area contributed by atoms with Crippen LogP contribution in [0, 0.1) is 27.6 Å². The minimum atomic E-state index is -2.17. The first-order valence-electron chi connectivity index (χ1n) is 10.6. The number of nitrogens with zero attached hydrogens (tertiary/aromatic N) is 1. The van der Waals surface area contributed by atoms with E-state index >= 15 is 0 Å². The van der Waals surface area contributed by atoms with Crippen molar-refractivity contribution in [3.63, 3.8) is 0 Å². The van der Waals surface area contributed by atoms with Crippen LogP contribution in [0.3, 0.4) is 0 Å². The van der Waals surface area contributed by atoms with Gasteiger partial charge in [-0.05, 0) is 56.9 Å². The molecule has 1 heteroatoms. The van der Waals surface area contributed by atoms with Gasteiger partial charge in [-0.2, -0.15) is 4.57 Å². The highest BCUT2D eigenvalue weighted by Gasteiger charge is 2.18. The van der Waals surface area contributed by atoms with Crippen molar-refractivity contribution in [2.45, 2.75) is 27.6 Å². The molecule has 0 fully saturated rings. The van der Waals surface area contributed by atoms with Crippen molar-refractivity contribution < 1.29 is 12.8 Å². The lowest BCUT2D eigenvalue weighted by Crippen LogP contribution is -2.34. The summed E-state index contributed by atoms with van der Waals surface area (Å²) in [6.45, 7) is -0.445. The highest BCUT2D eigenvalue weighted by Crippen LogP contribution is 2.26. The topological polar surface area (TPSA) is 3.88 Å². The van der Waals surface area contributed by atoms with Crippen LogP contribution < -0.4 is 4.57 Å². The fourth-order valence-electron chi connectivity index (χ4n) is 2.97. The van der Waals surface area contributed by atoms with Gasteiger partial charge in [0.1, 0.15) is 7.05 Å². The molecule has 0 N–H and O–H groups in total. The van der Waals surface area contributed by atoms with Crippen LogP contribution in [-0.2, 0) is 7.05 Å². The van der Waals surface area contributed by atoms with Crippen molar-refractivity contribution in [2.24, 2.45) is 7.05 Å². The first kappa shape index (κ1) is 9.67. The number of aryl methyl sites for hydroxylation is 4. The van der Waals surface area contributed by atoms with Crippen LogP contribution in [0.2, 0.25) is 0 Å². The average molecular weight is 308 g/mol. The van der Waals surface area contributed by atoms with E-state index in [2.05, 4.69) is 0 Å². The van der Waals surface area contributed by atoms with Crippen molar-refractivity contribution in [3.05, 3.63) is 76.9 Å². The fraction of sp³-hybridized carbons (Fsp3) is 0.227. The van der Waals surface area contributed by atoms with E-state index in [4.69, 9.17) is 8.22 Å². The molecule has 0 saturated carbocycles. The number of benzene rings is 2. The molecule has 0 atom stereocenters. The second-order valence-electron chi connectivity index (χ2n) is 5.91. The summed E-state index contributed by atoms with van der Waals surface area (Å²) in [5.74, 6) is 0. The van der Waals surface area contributed by atoms with E-state index in [1.807, 2.05) is 55.8 Å². The molecular formula is C22H24N+. The molecular weight excluding hydrogens is 278 g/mol. The third-order valence-electron chi connectivity index (χ3n) is 4.25. The summed E-state index contributed by atoms with van der Waals surface area (Å²) in [7, 11) is 1.93. The number of hydrogen-bond acceptors (Lipinski definition) is 0. The van der Waals surface area contributed by atoms with Crippen LogP contribution in [0.5, 0.6) is 0 Å². The second-order valence-corrected chi connectivity index (χ2v) is 5.91. The number of rotatable bonds is 2. The Labute approximate surface area is 147 Å². The molecule has 1 aromatic heterocycles. The van der Waals surface area contributed by atoms with Crippen molar-refractivity contribution in [3.8, 4) is 22.5 Å². The van der Waals surface area contributed by atoms with Gasteiger partial charge >= 0.3 is 0 Å². The minimum Gasteiger partial charge on any atom is -0.194 e. The zero-order chi connectivity index (χ0) is 21.6. The number of hydrogen-bond donors (Lipinski definition) is 0. The van der Waals surface area contributed by atoms with Crippen molar-refractivity contribution >= 4 is 0 Å². The maximum absolute atomic E-state index is 7.71. The Balaban J connectivity index is 2.16. The zero-order valence-corrected chi connectivity index (χ0v) is 13.6. The van der Waals surface area contributed by atoms with Crippen LogP contribution in [0.25, 0.3) is 22.5 Å². The molecule has 3 aromatic rings. The van der Waals surface area contributed by atoms with Crippen LogP contribution in [0.4, 0.5) is 0 Å². The Hall–Kier alpha value is -2.41. The SMILES string of the molecule is [2H]C([2H])([2H])c1ccc(-c2cccc(-c3cc(C([2H])([2H])[2H])ccc3C)[n+]2C)c(C)c1. The third kappa shape index (κ3) is 2.92. The molecule has 116 valence electrons. The predicted octanol–water partition coefficient (Wildman–Crippen LogP) is 5.08. The van der Waals surface area contributed by atoms with Gasteiger partial charge in [-0.25, -0.2) is 0 Å². The molecule has 23 heavy (non-hydrogen) atoms. The molecule has 1 nitrogen and oxygen atoms in total. The third-order valence-corrected chi connectivity index (χ3v) is 4.25. The van der Waals surface area contributed by atoms with Gasteiger partial charge in [-0.15, -0.1) is 0 Å². The second kappa shape index (κ2) is 6.00. The van der Waals surface area contributed by atoms with Crippen LogP contribution in [0.1, 0.15) is 30.5 Å². The molecule has 0 amide bonds. The summed E-state index contributed by atoms with van der Waals surface area (Å²) < 4.78 is 48.0. The highest BCUT2D eigenvalue weighted by atomic mass is 14.9. The lowest BCUT2D eigenvalue weighted by Gasteiger charge is -2.10.